The number of alkyl halides is 5. The topological polar surface area (TPSA) is 76.2 Å². The van der Waals surface area contributed by atoms with Gasteiger partial charge in [-0.05, 0) is 55.8 Å². The third-order valence-electron chi connectivity index (χ3n) is 6.85. The predicted octanol–water partition coefficient (Wildman–Crippen LogP) is 5.92. The van der Waals surface area contributed by atoms with Gasteiger partial charge in [0.25, 0.3) is 0 Å². The number of hydrogen-bond acceptors (Lipinski definition) is 3. The van der Waals surface area contributed by atoms with Gasteiger partial charge in [-0.3, -0.25) is 5.32 Å². The summed E-state index contributed by atoms with van der Waals surface area (Å²) >= 11 is 0. The fraction of sp³-hybridized carbons (Fsp3) is 0.407. The molecule has 11 heteroatoms. The predicted molar refractivity (Wildman–Crippen MR) is 135 cm³/mol. The van der Waals surface area contributed by atoms with Crippen LogP contribution in [0.2, 0.25) is 0 Å². The fourth-order valence-electron chi connectivity index (χ4n) is 4.87. The Kier molecular flexibility index (Phi) is 8.35. The van der Waals surface area contributed by atoms with Gasteiger partial charge >= 0.3 is 18.1 Å². The lowest BCUT2D eigenvalue weighted by atomic mass is 9.99. The van der Waals surface area contributed by atoms with Crippen molar-refractivity contribution in [3.63, 3.8) is 0 Å². The molecule has 0 spiro atoms. The van der Waals surface area contributed by atoms with Gasteiger partial charge in [-0.1, -0.05) is 48.5 Å². The van der Waals surface area contributed by atoms with Gasteiger partial charge in [0.05, 0.1) is 11.4 Å². The number of likely N-dealkylation sites (tertiary alicyclic amines) is 1. The number of para-hydroxylation sites is 1. The first-order valence-corrected chi connectivity index (χ1v) is 12.5. The van der Waals surface area contributed by atoms with Crippen LogP contribution in [0.25, 0.3) is 5.69 Å². The number of aryl methyl sites for hydroxylation is 1. The van der Waals surface area contributed by atoms with Gasteiger partial charge in [0.15, 0.2) is 0 Å². The van der Waals surface area contributed by atoms with E-state index in [9.17, 15) is 26.7 Å². The number of nitrogens with zero attached hydrogens (tertiary/aromatic N) is 3. The summed E-state index contributed by atoms with van der Waals surface area (Å²) < 4.78 is 63.7. The molecule has 1 aliphatic heterocycles. The van der Waals surface area contributed by atoms with Crippen molar-refractivity contribution in [3.8, 4) is 5.69 Å². The fourth-order valence-corrected chi connectivity index (χ4v) is 4.87. The zero-order valence-electron chi connectivity index (χ0n) is 20.7. The van der Waals surface area contributed by atoms with Crippen LogP contribution in [0, 0.1) is 0 Å². The molecule has 0 radical (unpaired) electrons. The number of amides is 2. The van der Waals surface area contributed by atoms with Gasteiger partial charge in [0.1, 0.15) is 5.82 Å². The molecule has 0 unspecified atom stereocenters. The Hall–Kier alpha value is -3.47. The molecule has 1 saturated heterocycles. The molecule has 5 rings (SSSR count). The highest BCUT2D eigenvalue weighted by atomic mass is 19.4. The van der Waals surface area contributed by atoms with Gasteiger partial charge in [-0.25, -0.2) is 9.48 Å². The molecule has 0 bridgehead atoms. The number of primary amides is 1. The van der Waals surface area contributed by atoms with E-state index in [0.717, 1.165) is 48.2 Å². The number of benzene rings is 2. The molecule has 2 aromatic carbocycles. The average Bonchev–Trinajstić information content (AvgIpc) is 3.61. The van der Waals surface area contributed by atoms with Crippen molar-refractivity contribution in [1.82, 2.24) is 14.7 Å². The number of nitrogens with one attached hydrogen (secondary N) is 1. The standard InChI is InChI=1S/C14H16F5N.C13H14N4O/c15-13(16,14(17,18)19)7-9-20-8-6-12(10-20)11-4-2-1-3-5-11;14-13(18)15-12-10-7-4-8-11(10)16-17(12)9-5-2-1-3-6-9/h1-5,12H,6-10H2;1-3,5-6H,4,7-8H2,(H3,14,15,18)/t12-;/m0./s1. The van der Waals surface area contributed by atoms with E-state index in [-0.39, 0.29) is 12.5 Å². The minimum absolute atomic E-state index is 0.218. The summed E-state index contributed by atoms with van der Waals surface area (Å²) in [5.74, 6) is -3.67. The smallest absolute Gasteiger partial charge is 0.351 e. The van der Waals surface area contributed by atoms with Crippen molar-refractivity contribution in [1.29, 1.82) is 0 Å². The second-order valence-corrected chi connectivity index (χ2v) is 9.51. The lowest BCUT2D eigenvalue weighted by Gasteiger charge is -2.23. The molecule has 3 aromatic rings. The number of fused-ring (bicyclic) bond motifs is 1. The van der Waals surface area contributed by atoms with Crippen LogP contribution in [0.15, 0.2) is 60.7 Å². The summed E-state index contributed by atoms with van der Waals surface area (Å²) in [5.41, 5.74) is 9.44. The van der Waals surface area contributed by atoms with Gasteiger partial charge in [0, 0.05) is 25.1 Å². The number of hydrogen-bond donors (Lipinski definition) is 2. The molecule has 1 atom stereocenters. The Morgan fingerprint density at radius 2 is 1.66 bits per heavy atom. The van der Waals surface area contributed by atoms with E-state index in [0.29, 0.717) is 18.9 Å². The number of carbonyl (C=O) groups excluding carboxylic acids is 1. The number of anilines is 1. The first-order chi connectivity index (χ1) is 18.0. The van der Waals surface area contributed by atoms with Crippen molar-refractivity contribution in [2.24, 2.45) is 5.73 Å². The van der Waals surface area contributed by atoms with Crippen LogP contribution in [0.3, 0.4) is 0 Å². The minimum Gasteiger partial charge on any atom is -0.351 e. The molecular formula is C27H30F5N5O. The van der Waals surface area contributed by atoms with E-state index in [1.807, 2.05) is 60.7 Å². The molecule has 6 nitrogen and oxygen atoms in total. The quantitative estimate of drug-likeness (QED) is 0.385. The molecule has 3 N–H and O–H groups in total. The summed E-state index contributed by atoms with van der Waals surface area (Å²) in [5, 5.41) is 7.25. The number of urea groups is 1. The van der Waals surface area contributed by atoms with E-state index in [1.54, 1.807) is 9.58 Å². The third kappa shape index (κ3) is 6.50. The van der Waals surface area contributed by atoms with E-state index < -0.39 is 24.6 Å². The molecule has 38 heavy (non-hydrogen) atoms. The summed E-state index contributed by atoms with van der Waals surface area (Å²) in [7, 11) is 0. The first kappa shape index (κ1) is 27.6. The molecule has 204 valence electrons. The Morgan fingerprint density at radius 3 is 2.29 bits per heavy atom. The van der Waals surface area contributed by atoms with Gasteiger partial charge in [0.2, 0.25) is 0 Å². The molecule has 1 aliphatic carbocycles. The number of nitrogens with two attached hydrogens (primary N) is 1. The second kappa shape index (κ2) is 11.5. The van der Waals surface area contributed by atoms with Crippen LogP contribution in [0.1, 0.15) is 42.0 Å². The molecule has 2 aliphatic rings. The Balaban J connectivity index is 0.000000178. The van der Waals surface area contributed by atoms with Gasteiger partial charge < -0.3 is 10.6 Å². The van der Waals surface area contributed by atoms with Crippen LogP contribution in [-0.4, -0.2) is 52.4 Å². The highest BCUT2D eigenvalue weighted by Gasteiger charge is 2.56. The number of halogens is 5. The van der Waals surface area contributed by atoms with Crippen molar-refractivity contribution < 1.29 is 26.7 Å². The largest absolute Gasteiger partial charge is 0.453 e. The first-order valence-electron chi connectivity index (χ1n) is 12.5. The van der Waals surface area contributed by atoms with Crippen molar-refractivity contribution in [2.45, 2.75) is 50.1 Å². The summed E-state index contributed by atoms with van der Waals surface area (Å²) in [6.07, 6.45) is -2.84. The van der Waals surface area contributed by atoms with Crippen molar-refractivity contribution in [2.75, 3.05) is 25.0 Å². The molecular weight excluding hydrogens is 505 g/mol. The lowest BCUT2D eigenvalue weighted by Crippen LogP contribution is -2.39. The van der Waals surface area contributed by atoms with E-state index >= 15 is 0 Å². The zero-order chi connectivity index (χ0) is 27.3. The van der Waals surface area contributed by atoms with Crippen LogP contribution in [0.4, 0.5) is 32.6 Å². The Morgan fingerprint density at radius 1 is 1.00 bits per heavy atom. The Bertz CT molecular complexity index is 1210. The Labute approximate surface area is 217 Å². The minimum atomic E-state index is -5.45. The normalized spacial score (nSPS) is 17.6. The maximum atomic E-state index is 12.9. The molecule has 2 heterocycles. The average molecular weight is 536 g/mol. The molecule has 2 amide bonds. The van der Waals surface area contributed by atoms with Crippen molar-refractivity contribution in [3.05, 3.63) is 77.5 Å². The summed E-state index contributed by atoms with van der Waals surface area (Å²) in [6, 6.07) is 18.8. The van der Waals surface area contributed by atoms with Crippen LogP contribution >= 0.6 is 0 Å². The molecule has 0 saturated carbocycles. The van der Waals surface area contributed by atoms with Gasteiger partial charge in [-0.15, -0.1) is 0 Å². The highest BCUT2D eigenvalue weighted by molar-refractivity contribution is 5.88. The zero-order valence-corrected chi connectivity index (χ0v) is 20.7. The highest BCUT2D eigenvalue weighted by Crippen LogP contribution is 2.39. The molecule has 1 fully saturated rings. The maximum Gasteiger partial charge on any atom is 0.453 e. The SMILES string of the molecule is FC(F)(F)C(F)(F)CCN1CC[C@H](c2ccccc2)C1.NC(=O)Nc1c2c(nn1-c1ccccc1)CCC2. The number of rotatable bonds is 6. The van der Waals surface area contributed by atoms with E-state index in [2.05, 4.69) is 10.4 Å². The lowest BCUT2D eigenvalue weighted by molar-refractivity contribution is -0.284. The van der Waals surface area contributed by atoms with Crippen molar-refractivity contribution >= 4 is 11.8 Å². The van der Waals surface area contributed by atoms with Crippen LogP contribution < -0.4 is 11.1 Å². The molecule has 1 aromatic heterocycles. The van der Waals surface area contributed by atoms with E-state index in [1.165, 1.54) is 0 Å². The second-order valence-electron chi connectivity index (χ2n) is 9.51. The summed E-state index contributed by atoms with van der Waals surface area (Å²) in [4.78, 5) is 12.8. The van der Waals surface area contributed by atoms with Crippen LogP contribution in [-0.2, 0) is 12.8 Å². The number of aromatic nitrogens is 2. The number of carbonyl (C=O) groups is 1. The monoisotopic (exact) mass is 535 g/mol. The third-order valence-corrected chi connectivity index (χ3v) is 6.85. The van der Waals surface area contributed by atoms with Crippen LogP contribution in [0.5, 0.6) is 0 Å². The van der Waals surface area contributed by atoms with E-state index in [4.69, 9.17) is 5.73 Å². The maximum absolute atomic E-state index is 12.9. The van der Waals surface area contributed by atoms with Gasteiger partial charge in [-0.2, -0.15) is 27.1 Å². The summed E-state index contributed by atoms with van der Waals surface area (Å²) in [6.45, 7) is 0.876.